The van der Waals surface area contributed by atoms with Gasteiger partial charge in [-0.05, 0) is 32.4 Å². The Bertz CT molecular complexity index is 632. The van der Waals surface area contributed by atoms with Gasteiger partial charge in [0.1, 0.15) is 4.90 Å². The van der Waals surface area contributed by atoms with Crippen molar-refractivity contribution in [3.05, 3.63) is 29.3 Å². The Morgan fingerprint density at radius 2 is 1.85 bits per heavy atom. The van der Waals surface area contributed by atoms with E-state index in [0.29, 0.717) is 12.1 Å². The standard InChI is InChI=1S/C12H14F2O5S/c1-12(2,17)3-4-20(18,19)9-6-7(11(15)16)5-8(13)10(9)14/h5-6,17H,3-4H2,1-2H3,(H,15,16). The summed E-state index contributed by atoms with van der Waals surface area (Å²) in [4.78, 5) is 9.72. The number of sulfone groups is 1. The van der Waals surface area contributed by atoms with Gasteiger partial charge in [0.15, 0.2) is 21.5 Å². The normalized spacial score (nSPS) is 12.4. The average molecular weight is 308 g/mol. The molecule has 0 saturated heterocycles. The van der Waals surface area contributed by atoms with Crippen LogP contribution in [0.1, 0.15) is 30.6 Å². The van der Waals surface area contributed by atoms with Crippen LogP contribution in [0.5, 0.6) is 0 Å². The number of aliphatic hydroxyl groups is 1. The molecule has 2 N–H and O–H groups in total. The molecule has 0 heterocycles. The number of hydrogen-bond acceptors (Lipinski definition) is 4. The van der Waals surface area contributed by atoms with E-state index in [1.54, 1.807) is 0 Å². The van der Waals surface area contributed by atoms with E-state index in [1.807, 2.05) is 0 Å². The zero-order valence-electron chi connectivity index (χ0n) is 10.9. The molecule has 0 aliphatic heterocycles. The van der Waals surface area contributed by atoms with Crippen molar-refractivity contribution < 1.29 is 32.2 Å². The molecule has 20 heavy (non-hydrogen) atoms. The minimum absolute atomic E-state index is 0.201. The van der Waals surface area contributed by atoms with Crippen LogP contribution >= 0.6 is 0 Å². The van der Waals surface area contributed by atoms with Gasteiger partial charge in [-0.3, -0.25) is 0 Å². The highest BCUT2D eigenvalue weighted by Crippen LogP contribution is 2.23. The van der Waals surface area contributed by atoms with Crippen molar-refractivity contribution in [1.29, 1.82) is 0 Å². The molecular formula is C12H14F2O5S. The Morgan fingerprint density at radius 3 is 2.30 bits per heavy atom. The van der Waals surface area contributed by atoms with Gasteiger partial charge in [-0.1, -0.05) is 0 Å². The summed E-state index contributed by atoms with van der Waals surface area (Å²) in [6, 6.07) is 0.979. The van der Waals surface area contributed by atoms with Crippen molar-refractivity contribution in [3.63, 3.8) is 0 Å². The first-order valence-corrected chi connectivity index (χ1v) is 7.27. The maximum Gasteiger partial charge on any atom is 0.335 e. The summed E-state index contributed by atoms with van der Waals surface area (Å²) in [5.41, 5.74) is -1.96. The number of aromatic carboxylic acids is 1. The number of hydrogen-bond donors (Lipinski definition) is 2. The van der Waals surface area contributed by atoms with Crippen LogP contribution in [0.25, 0.3) is 0 Å². The predicted molar refractivity (Wildman–Crippen MR) is 66.3 cm³/mol. The molecule has 112 valence electrons. The largest absolute Gasteiger partial charge is 0.478 e. The zero-order valence-corrected chi connectivity index (χ0v) is 11.7. The Hall–Kier alpha value is -1.54. The van der Waals surface area contributed by atoms with Gasteiger partial charge in [0, 0.05) is 0 Å². The van der Waals surface area contributed by atoms with Crippen LogP contribution in [-0.2, 0) is 9.84 Å². The quantitative estimate of drug-likeness (QED) is 0.862. The Kier molecular flexibility index (Phi) is 4.50. The number of halogens is 2. The number of carboxylic acid groups (broad SMARTS) is 1. The lowest BCUT2D eigenvalue weighted by molar-refractivity contribution is 0.0694. The summed E-state index contributed by atoms with van der Waals surface area (Å²) in [6.45, 7) is 2.74. The Balaban J connectivity index is 3.27. The first-order chi connectivity index (χ1) is 8.94. The van der Waals surface area contributed by atoms with E-state index >= 15 is 0 Å². The van der Waals surface area contributed by atoms with E-state index in [0.717, 1.165) is 0 Å². The van der Waals surface area contributed by atoms with Crippen molar-refractivity contribution >= 4 is 15.8 Å². The molecule has 5 nitrogen and oxygen atoms in total. The first kappa shape index (κ1) is 16.5. The van der Waals surface area contributed by atoms with Gasteiger partial charge in [0.2, 0.25) is 0 Å². The van der Waals surface area contributed by atoms with Crippen molar-refractivity contribution in [3.8, 4) is 0 Å². The molecule has 0 spiro atoms. The number of carbonyl (C=O) groups is 1. The molecule has 0 radical (unpaired) electrons. The Labute approximate surface area is 114 Å². The second kappa shape index (κ2) is 5.45. The minimum atomic E-state index is -4.24. The second-order valence-corrected chi connectivity index (χ2v) is 7.03. The molecule has 0 saturated carbocycles. The Morgan fingerprint density at radius 1 is 1.30 bits per heavy atom. The highest BCUT2D eigenvalue weighted by Gasteiger charge is 2.26. The molecule has 1 aromatic rings. The molecule has 0 fully saturated rings. The molecule has 0 atom stereocenters. The lowest BCUT2D eigenvalue weighted by atomic mass is 10.1. The highest BCUT2D eigenvalue weighted by atomic mass is 32.2. The zero-order chi connectivity index (χ0) is 15.7. The van der Waals surface area contributed by atoms with Gasteiger partial charge in [-0.15, -0.1) is 0 Å². The van der Waals surface area contributed by atoms with E-state index in [4.69, 9.17) is 5.11 Å². The van der Waals surface area contributed by atoms with Gasteiger partial charge in [-0.25, -0.2) is 22.0 Å². The number of benzene rings is 1. The molecular weight excluding hydrogens is 294 g/mol. The van der Waals surface area contributed by atoms with Crippen LogP contribution in [0.3, 0.4) is 0 Å². The average Bonchev–Trinajstić information content (AvgIpc) is 2.28. The van der Waals surface area contributed by atoms with Gasteiger partial charge in [0.25, 0.3) is 0 Å². The van der Waals surface area contributed by atoms with E-state index < -0.39 is 49.3 Å². The van der Waals surface area contributed by atoms with Crippen LogP contribution in [0, 0.1) is 11.6 Å². The van der Waals surface area contributed by atoms with E-state index in [1.165, 1.54) is 13.8 Å². The molecule has 0 aliphatic carbocycles. The van der Waals surface area contributed by atoms with Crippen molar-refractivity contribution in [2.75, 3.05) is 5.75 Å². The summed E-state index contributed by atoms with van der Waals surface area (Å²) in [5, 5.41) is 18.2. The summed E-state index contributed by atoms with van der Waals surface area (Å²) >= 11 is 0. The fraction of sp³-hybridized carbons (Fsp3) is 0.417. The number of rotatable bonds is 5. The lowest BCUT2D eigenvalue weighted by Crippen LogP contribution is -2.24. The van der Waals surface area contributed by atoms with Gasteiger partial charge >= 0.3 is 5.97 Å². The second-order valence-electron chi connectivity index (χ2n) is 4.96. The monoisotopic (exact) mass is 308 g/mol. The van der Waals surface area contributed by atoms with Crippen molar-refractivity contribution in [2.45, 2.75) is 30.8 Å². The number of carboxylic acids is 1. The van der Waals surface area contributed by atoms with Crippen LogP contribution in [0.15, 0.2) is 17.0 Å². The van der Waals surface area contributed by atoms with Crippen molar-refractivity contribution in [2.24, 2.45) is 0 Å². The smallest absolute Gasteiger partial charge is 0.335 e. The van der Waals surface area contributed by atoms with Gasteiger partial charge in [0.05, 0.1) is 16.9 Å². The van der Waals surface area contributed by atoms with Crippen LogP contribution in [0.2, 0.25) is 0 Å². The molecule has 0 aliphatic rings. The SMILES string of the molecule is CC(C)(O)CCS(=O)(=O)c1cc(C(=O)O)cc(F)c1F. The van der Waals surface area contributed by atoms with Crippen LogP contribution in [0.4, 0.5) is 8.78 Å². The molecule has 1 rings (SSSR count). The van der Waals surface area contributed by atoms with E-state index in [-0.39, 0.29) is 6.42 Å². The van der Waals surface area contributed by atoms with Gasteiger partial charge < -0.3 is 10.2 Å². The maximum absolute atomic E-state index is 13.6. The van der Waals surface area contributed by atoms with Crippen molar-refractivity contribution in [1.82, 2.24) is 0 Å². The topological polar surface area (TPSA) is 91.7 Å². The molecule has 0 bridgehead atoms. The third kappa shape index (κ3) is 3.97. The van der Waals surface area contributed by atoms with Crippen LogP contribution in [-0.4, -0.2) is 36.0 Å². The fourth-order valence-electron chi connectivity index (χ4n) is 1.41. The molecule has 0 amide bonds. The van der Waals surface area contributed by atoms with E-state index in [9.17, 15) is 27.1 Å². The summed E-state index contributed by atoms with van der Waals surface area (Å²) < 4.78 is 50.6. The van der Waals surface area contributed by atoms with Gasteiger partial charge in [-0.2, -0.15) is 0 Å². The first-order valence-electron chi connectivity index (χ1n) is 5.61. The molecule has 8 heteroatoms. The molecule has 0 aromatic heterocycles. The van der Waals surface area contributed by atoms with Crippen LogP contribution < -0.4 is 0 Å². The molecule has 1 aromatic carbocycles. The predicted octanol–water partition coefficient (Wildman–Crippen LogP) is 1.60. The summed E-state index contributed by atoms with van der Waals surface area (Å²) in [5.74, 6) is -5.36. The maximum atomic E-state index is 13.6. The lowest BCUT2D eigenvalue weighted by Gasteiger charge is -2.17. The minimum Gasteiger partial charge on any atom is -0.478 e. The highest BCUT2D eigenvalue weighted by molar-refractivity contribution is 7.91. The fourth-order valence-corrected chi connectivity index (χ4v) is 3.07. The summed E-state index contributed by atoms with van der Waals surface area (Å²) in [6.07, 6.45) is -0.201. The third-order valence-corrected chi connectivity index (χ3v) is 4.27. The third-order valence-electron chi connectivity index (χ3n) is 2.56. The molecule has 0 unspecified atom stereocenters. The van der Waals surface area contributed by atoms with E-state index in [2.05, 4.69) is 0 Å². The summed E-state index contributed by atoms with van der Waals surface area (Å²) in [7, 11) is -4.24.